The van der Waals surface area contributed by atoms with E-state index in [0.29, 0.717) is 12.3 Å². The molecule has 0 unspecified atom stereocenters. The molecule has 0 aliphatic heterocycles. The van der Waals surface area contributed by atoms with Gasteiger partial charge in [-0.05, 0) is 25.0 Å². The molecule has 4 N–H and O–H groups in total. The third kappa shape index (κ3) is 3.34. The Labute approximate surface area is 107 Å². The Kier molecular flexibility index (Phi) is 5.37. The fourth-order valence-corrected chi connectivity index (χ4v) is 1.74. The van der Waals surface area contributed by atoms with E-state index in [1.165, 1.54) is 0 Å². The summed E-state index contributed by atoms with van der Waals surface area (Å²) in [6.45, 7) is 4.79. The molecule has 0 aliphatic rings. The number of nitrogens with two attached hydrogens (primary N) is 1. The number of hydrogen-bond acceptors (Lipinski definition) is 4. The Hall–Kier alpha value is -1.33. The third-order valence-electron chi connectivity index (χ3n) is 3.55. The number of aliphatic hydroxyl groups excluding tert-OH is 1. The summed E-state index contributed by atoms with van der Waals surface area (Å²) in [4.78, 5) is 11.8. The molecule has 0 saturated carbocycles. The number of nitrogens with one attached hydrogen (secondary N) is 1. The fourth-order valence-electron chi connectivity index (χ4n) is 1.74. The molecular formula is C13H22N2O3. The van der Waals surface area contributed by atoms with Crippen molar-refractivity contribution in [2.24, 2.45) is 11.1 Å². The van der Waals surface area contributed by atoms with Crippen molar-refractivity contribution in [1.29, 1.82) is 0 Å². The highest BCUT2D eigenvalue weighted by Crippen LogP contribution is 2.24. The van der Waals surface area contributed by atoms with Crippen LogP contribution in [0.15, 0.2) is 16.5 Å². The second-order valence-corrected chi connectivity index (χ2v) is 4.52. The molecule has 5 nitrogen and oxygen atoms in total. The molecule has 5 heteroatoms. The smallest absolute Gasteiger partial charge is 0.287 e. The van der Waals surface area contributed by atoms with Crippen LogP contribution in [0.2, 0.25) is 0 Å². The molecule has 0 spiro atoms. The highest BCUT2D eigenvalue weighted by atomic mass is 16.4. The van der Waals surface area contributed by atoms with Gasteiger partial charge in [-0.2, -0.15) is 0 Å². The molecule has 0 radical (unpaired) electrons. The first kappa shape index (κ1) is 14.7. The number of amides is 1. The molecule has 1 aromatic rings. The monoisotopic (exact) mass is 254 g/mol. The van der Waals surface area contributed by atoms with Gasteiger partial charge >= 0.3 is 0 Å². The van der Waals surface area contributed by atoms with Crippen molar-refractivity contribution >= 4 is 5.91 Å². The van der Waals surface area contributed by atoms with Gasteiger partial charge in [-0.1, -0.05) is 13.8 Å². The summed E-state index contributed by atoms with van der Waals surface area (Å²) in [5.74, 6) is 0.573. The number of hydrogen-bond donors (Lipinski definition) is 3. The molecule has 0 saturated heterocycles. The van der Waals surface area contributed by atoms with E-state index in [1.54, 1.807) is 12.1 Å². The summed E-state index contributed by atoms with van der Waals surface area (Å²) < 4.78 is 5.26. The maximum atomic E-state index is 11.8. The van der Waals surface area contributed by atoms with E-state index in [1.807, 2.05) is 13.8 Å². The standard InChI is InChI=1S/C13H22N2O3/c1-3-13(4-2,9-16)8-15-12(17)11-6-5-10(7-14)18-11/h5-6,16H,3-4,7-9,14H2,1-2H3,(H,15,17). The second-order valence-electron chi connectivity index (χ2n) is 4.52. The predicted molar refractivity (Wildman–Crippen MR) is 69.0 cm³/mol. The Bertz CT molecular complexity index is 375. The van der Waals surface area contributed by atoms with Crippen LogP contribution in [-0.4, -0.2) is 24.2 Å². The van der Waals surface area contributed by atoms with Crippen molar-refractivity contribution in [1.82, 2.24) is 5.32 Å². The van der Waals surface area contributed by atoms with Gasteiger partial charge in [-0.25, -0.2) is 0 Å². The number of carbonyl (C=O) groups is 1. The Morgan fingerprint density at radius 1 is 1.44 bits per heavy atom. The summed E-state index contributed by atoms with van der Waals surface area (Å²) in [6, 6.07) is 3.30. The highest BCUT2D eigenvalue weighted by molar-refractivity contribution is 5.91. The van der Waals surface area contributed by atoms with Crippen molar-refractivity contribution in [3.05, 3.63) is 23.7 Å². The largest absolute Gasteiger partial charge is 0.455 e. The van der Waals surface area contributed by atoms with Crippen LogP contribution in [0.5, 0.6) is 0 Å². The van der Waals surface area contributed by atoms with E-state index in [4.69, 9.17) is 10.2 Å². The molecule has 1 aromatic heterocycles. The van der Waals surface area contributed by atoms with E-state index < -0.39 is 0 Å². The minimum atomic E-state index is -0.269. The second kappa shape index (κ2) is 6.56. The fraction of sp³-hybridized carbons (Fsp3) is 0.615. The predicted octanol–water partition coefficient (Wildman–Crippen LogP) is 1.27. The molecule has 0 aromatic carbocycles. The topological polar surface area (TPSA) is 88.5 Å². The average Bonchev–Trinajstić information content (AvgIpc) is 2.89. The lowest BCUT2D eigenvalue weighted by atomic mass is 9.83. The van der Waals surface area contributed by atoms with Crippen LogP contribution in [0.25, 0.3) is 0 Å². The van der Waals surface area contributed by atoms with E-state index in [0.717, 1.165) is 12.8 Å². The quantitative estimate of drug-likeness (QED) is 0.683. The molecule has 1 rings (SSSR count). The van der Waals surface area contributed by atoms with Gasteiger partial charge in [-0.15, -0.1) is 0 Å². The number of rotatable bonds is 7. The van der Waals surface area contributed by atoms with E-state index in [-0.39, 0.29) is 30.2 Å². The lowest BCUT2D eigenvalue weighted by Gasteiger charge is -2.29. The van der Waals surface area contributed by atoms with Gasteiger partial charge in [0.2, 0.25) is 0 Å². The average molecular weight is 254 g/mol. The Balaban J connectivity index is 2.59. The maximum absolute atomic E-state index is 11.8. The van der Waals surface area contributed by atoms with E-state index in [9.17, 15) is 9.90 Å². The summed E-state index contributed by atoms with van der Waals surface area (Å²) in [5, 5.41) is 12.2. The molecule has 0 bridgehead atoms. The van der Waals surface area contributed by atoms with E-state index in [2.05, 4.69) is 5.32 Å². The normalized spacial score (nSPS) is 11.6. The van der Waals surface area contributed by atoms with Crippen LogP contribution in [0.3, 0.4) is 0 Å². The zero-order chi connectivity index (χ0) is 13.6. The zero-order valence-electron chi connectivity index (χ0n) is 11.0. The highest BCUT2D eigenvalue weighted by Gasteiger charge is 2.26. The zero-order valence-corrected chi connectivity index (χ0v) is 11.0. The number of carbonyl (C=O) groups excluding carboxylic acids is 1. The van der Waals surface area contributed by atoms with Gasteiger partial charge in [-0.3, -0.25) is 4.79 Å². The minimum Gasteiger partial charge on any atom is -0.455 e. The van der Waals surface area contributed by atoms with Gasteiger partial charge in [0, 0.05) is 12.0 Å². The first-order valence-electron chi connectivity index (χ1n) is 6.28. The van der Waals surface area contributed by atoms with E-state index >= 15 is 0 Å². The van der Waals surface area contributed by atoms with Gasteiger partial charge in [0.25, 0.3) is 5.91 Å². The van der Waals surface area contributed by atoms with Crippen LogP contribution < -0.4 is 11.1 Å². The minimum absolute atomic E-state index is 0.0620. The first-order valence-corrected chi connectivity index (χ1v) is 6.28. The lowest BCUT2D eigenvalue weighted by molar-refractivity contribution is 0.0826. The molecule has 0 fully saturated rings. The number of furan rings is 1. The summed E-state index contributed by atoms with van der Waals surface area (Å²) in [6.07, 6.45) is 1.62. The molecular weight excluding hydrogens is 232 g/mol. The van der Waals surface area contributed by atoms with Gasteiger partial charge in [0.05, 0.1) is 13.2 Å². The maximum Gasteiger partial charge on any atom is 0.287 e. The van der Waals surface area contributed by atoms with Gasteiger partial charge < -0.3 is 20.6 Å². The SMILES string of the molecule is CCC(CC)(CO)CNC(=O)c1ccc(CN)o1. The van der Waals surface area contributed by atoms with Crippen molar-refractivity contribution in [2.75, 3.05) is 13.2 Å². The van der Waals surface area contributed by atoms with Crippen LogP contribution >= 0.6 is 0 Å². The van der Waals surface area contributed by atoms with Crippen LogP contribution in [0.4, 0.5) is 0 Å². The van der Waals surface area contributed by atoms with Crippen LogP contribution in [-0.2, 0) is 6.54 Å². The molecule has 1 amide bonds. The van der Waals surface area contributed by atoms with Crippen molar-refractivity contribution in [3.63, 3.8) is 0 Å². The summed E-state index contributed by atoms with van der Waals surface area (Å²) in [7, 11) is 0. The van der Waals surface area contributed by atoms with Crippen LogP contribution in [0.1, 0.15) is 43.0 Å². The summed E-state index contributed by atoms with van der Waals surface area (Å²) in [5.41, 5.74) is 5.16. The molecule has 18 heavy (non-hydrogen) atoms. The molecule has 1 heterocycles. The Morgan fingerprint density at radius 3 is 2.56 bits per heavy atom. The number of aliphatic hydroxyl groups is 1. The molecule has 0 aliphatic carbocycles. The van der Waals surface area contributed by atoms with Crippen LogP contribution in [0, 0.1) is 5.41 Å². The Morgan fingerprint density at radius 2 is 2.11 bits per heavy atom. The van der Waals surface area contributed by atoms with Gasteiger partial charge in [0.15, 0.2) is 5.76 Å². The third-order valence-corrected chi connectivity index (χ3v) is 3.55. The van der Waals surface area contributed by atoms with Gasteiger partial charge in [0.1, 0.15) is 5.76 Å². The van der Waals surface area contributed by atoms with Crippen molar-refractivity contribution in [2.45, 2.75) is 33.2 Å². The molecule has 102 valence electrons. The van der Waals surface area contributed by atoms with Crippen molar-refractivity contribution < 1.29 is 14.3 Å². The lowest BCUT2D eigenvalue weighted by Crippen LogP contribution is -2.39. The van der Waals surface area contributed by atoms with Crippen molar-refractivity contribution in [3.8, 4) is 0 Å². The molecule has 0 atom stereocenters. The first-order chi connectivity index (χ1) is 8.60. The summed E-state index contributed by atoms with van der Waals surface area (Å²) >= 11 is 0.